The molecule has 4 N–H and O–H groups in total. The molecule has 2 aliphatic carbocycles. The highest BCUT2D eigenvalue weighted by Crippen LogP contribution is 2.47. The van der Waals surface area contributed by atoms with E-state index in [1.807, 2.05) is 19.1 Å². The second kappa shape index (κ2) is 14.7. The van der Waals surface area contributed by atoms with E-state index in [1.54, 1.807) is 38.1 Å². The summed E-state index contributed by atoms with van der Waals surface area (Å²) in [7, 11) is -4.04. The van der Waals surface area contributed by atoms with Crippen molar-refractivity contribution in [2.75, 3.05) is 13.2 Å². The van der Waals surface area contributed by atoms with Crippen molar-refractivity contribution in [3.8, 4) is 11.6 Å². The molecule has 1 saturated heterocycles. The minimum Gasteiger partial charge on any atom is -0.485 e. The third-order valence-corrected chi connectivity index (χ3v) is 13.1. The Balaban J connectivity index is 1.33. The molecule has 4 aliphatic rings. The Hall–Kier alpha value is -4.54. The number of carbonyl (C=O) groups is 4. The van der Waals surface area contributed by atoms with Crippen LogP contribution in [0.25, 0.3) is 10.8 Å². The van der Waals surface area contributed by atoms with Crippen LogP contribution < -0.4 is 24.8 Å². The molecular formula is C36H45F2N5O9S. The number of sulfonamides is 1. The zero-order valence-electron chi connectivity index (χ0n) is 29.7. The van der Waals surface area contributed by atoms with Crippen molar-refractivity contribution in [3.63, 3.8) is 0 Å². The molecule has 53 heavy (non-hydrogen) atoms. The molecule has 2 saturated carbocycles. The van der Waals surface area contributed by atoms with Gasteiger partial charge in [-0.3, -0.25) is 19.1 Å². The van der Waals surface area contributed by atoms with Gasteiger partial charge in [-0.15, -0.1) is 0 Å². The Morgan fingerprint density at radius 3 is 2.55 bits per heavy atom. The third kappa shape index (κ3) is 8.04. The van der Waals surface area contributed by atoms with Crippen molar-refractivity contribution >= 4 is 44.6 Å². The number of hydrogen-bond donors (Lipinski definition) is 4. The molecule has 3 heterocycles. The van der Waals surface area contributed by atoms with Gasteiger partial charge in [0.15, 0.2) is 0 Å². The maximum atomic E-state index is 14.4. The standard InChI is InChI=1S/C36H45F2N5O9S/c1-20-8-4-5-9-22-16-36(22,33(46)42-53(49,50)35(3)12-13-35)41-30(44)26-15-23(18-43(26)32(45)29(21(2)14-20)40-34(47)48)52-31-25-11-7-6-10-24(25)27(17-39-31)51-19-28(37)38/h5-7,9-11,17,20-23,26,28-29,40H,4,8,12-16,18-19H2,1-3H3,(H,41,44)(H,42,46)(H,47,48)/b9-5-/t20-,21-,22?,23-,26+,29+,36-/m1/s1. The number of benzene rings is 1. The van der Waals surface area contributed by atoms with Crippen LogP contribution in [0, 0.1) is 17.8 Å². The third-order valence-electron chi connectivity index (χ3n) is 10.9. The van der Waals surface area contributed by atoms with Crippen molar-refractivity contribution in [2.24, 2.45) is 17.8 Å². The summed E-state index contributed by atoms with van der Waals surface area (Å²) in [6, 6.07) is 4.24. The number of nitrogens with one attached hydrogen (secondary N) is 3. The van der Waals surface area contributed by atoms with Gasteiger partial charge in [-0.1, -0.05) is 44.2 Å². The number of rotatable bonds is 9. The first-order valence-corrected chi connectivity index (χ1v) is 19.3. The van der Waals surface area contributed by atoms with Crippen LogP contribution in [0.15, 0.2) is 42.6 Å². The molecule has 7 atom stereocenters. The lowest BCUT2D eigenvalue weighted by Crippen LogP contribution is -2.59. The van der Waals surface area contributed by atoms with Crippen molar-refractivity contribution in [3.05, 3.63) is 42.6 Å². The molecule has 2 aromatic rings. The van der Waals surface area contributed by atoms with Crippen molar-refractivity contribution < 1.29 is 51.0 Å². The lowest BCUT2D eigenvalue weighted by atomic mass is 9.88. The highest BCUT2D eigenvalue weighted by molar-refractivity contribution is 7.91. The van der Waals surface area contributed by atoms with Gasteiger partial charge < -0.3 is 30.1 Å². The number of allylic oxidation sites excluding steroid dienone is 1. The second-order valence-corrected chi connectivity index (χ2v) is 17.3. The van der Waals surface area contributed by atoms with E-state index < -0.39 is 87.2 Å². The summed E-state index contributed by atoms with van der Waals surface area (Å²) in [4.78, 5) is 59.9. The molecule has 0 spiro atoms. The smallest absolute Gasteiger partial charge is 0.405 e. The van der Waals surface area contributed by atoms with Crippen molar-refractivity contribution in [1.82, 2.24) is 25.2 Å². The largest absolute Gasteiger partial charge is 0.485 e. The van der Waals surface area contributed by atoms with E-state index in [9.17, 15) is 41.5 Å². The molecule has 0 bridgehead atoms. The topological polar surface area (TPSA) is 193 Å². The number of amides is 4. The van der Waals surface area contributed by atoms with E-state index in [4.69, 9.17) is 9.47 Å². The van der Waals surface area contributed by atoms with Gasteiger partial charge in [-0.05, 0) is 63.4 Å². The molecule has 288 valence electrons. The van der Waals surface area contributed by atoms with Crippen LogP contribution in [0.4, 0.5) is 13.6 Å². The lowest BCUT2D eigenvalue weighted by molar-refractivity contribution is -0.142. The molecule has 1 aromatic carbocycles. The van der Waals surface area contributed by atoms with Gasteiger partial charge in [0.1, 0.15) is 36.1 Å². The Labute approximate surface area is 306 Å². The van der Waals surface area contributed by atoms with E-state index in [0.717, 1.165) is 0 Å². The molecule has 1 unspecified atom stereocenters. The van der Waals surface area contributed by atoms with E-state index in [2.05, 4.69) is 20.3 Å². The number of halogens is 2. The van der Waals surface area contributed by atoms with Crippen LogP contribution in [0.3, 0.4) is 0 Å². The lowest BCUT2D eigenvalue weighted by Gasteiger charge is -2.32. The van der Waals surface area contributed by atoms with Crippen LogP contribution in [0.2, 0.25) is 0 Å². The van der Waals surface area contributed by atoms with Gasteiger partial charge in [-0.25, -0.2) is 27.0 Å². The number of alkyl halides is 2. The van der Waals surface area contributed by atoms with E-state index in [0.29, 0.717) is 42.9 Å². The van der Waals surface area contributed by atoms with Crippen LogP contribution >= 0.6 is 0 Å². The molecule has 4 amide bonds. The Morgan fingerprint density at radius 1 is 1.15 bits per heavy atom. The summed E-state index contributed by atoms with van der Waals surface area (Å²) in [6.45, 7) is 4.31. The summed E-state index contributed by atoms with van der Waals surface area (Å²) in [5.74, 6) is -2.93. The molecule has 0 radical (unpaired) electrons. The molecule has 17 heteroatoms. The number of fused-ring (bicyclic) bond motifs is 3. The van der Waals surface area contributed by atoms with Gasteiger partial charge in [0.25, 0.3) is 12.3 Å². The maximum Gasteiger partial charge on any atom is 0.405 e. The van der Waals surface area contributed by atoms with Crippen LogP contribution in [0.5, 0.6) is 11.6 Å². The molecule has 14 nitrogen and oxygen atoms in total. The SMILES string of the molecule is C[C@@H]1CC/C=C\C2C[C@@]2(C(=O)NS(=O)(=O)C2(C)CC2)NC(=O)[C@@H]2C[C@@H](Oc3ncc(OCC(F)F)c4ccccc34)CN2C(=O)[C@@H](NC(=O)O)[C@H](C)C1. The number of pyridine rings is 1. The fraction of sp³-hybridized carbons (Fsp3) is 0.583. The zero-order valence-corrected chi connectivity index (χ0v) is 30.5. The first-order valence-electron chi connectivity index (χ1n) is 17.8. The average Bonchev–Trinajstić information content (AvgIpc) is 3.98. The summed E-state index contributed by atoms with van der Waals surface area (Å²) >= 11 is 0. The molecule has 2 aliphatic heterocycles. The van der Waals surface area contributed by atoms with Gasteiger partial charge >= 0.3 is 6.09 Å². The predicted octanol–water partition coefficient (Wildman–Crippen LogP) is 3.75. The van der Waals surface area contributed by atoms with E-state index in [-0.39, 0.29) is 36.9 Å². The summed E-state index contributed by atoms with van der Waals surface area (Å²) in [5, 5.41) is 15.8. The minimum absolute atomic E-state index is 0.0829. The van der Waals surface area contributed by atoms with Gasteiger partial charge in [0, 0.05) is 23.1 Å². The molecule has 1 aromatic heterocycles. The molecule has 3 fully saturated rings. The van der Waals surface area contributed by atoms with Gasteiger partial charge in [0.2, 0.25) is 27.7 Å². The summed E-state index contributed by atoms with van der Waals surface area (Å²) in [5.41, 5.74) is -1.59. The Kier molecular flexibility index (Phi) is 10.6. The second-order valence-electron chi connectivity index (χ2n) is 15.1. The van der Waals surface area contributed by atoms with Crippen molar-refractivity contribution in [1.29, 1.82) is 0 Å². The minimum atomic E-state index is -4.04. The van der Waals surface area contributed by atoms with Gasteiger partial charge in [-0.2, -0.15) is 0 Å². The fourth-order valence-corrected chi connectivity index (χ4v) is 8.70. The maximum absolute atomic E-state index is 14.4. The number of carbonyl (C=O) groups excluding carboxylic acids is 3. The average molecular weight is 762 g/mol. The number of nitrogens with zero attached hydrogens (tertiary/aromatic N) is 2. The zero-order chi connectivity index (χ0) is 38.3. The highest BCUT2D eigenvalue weighted by Gasteiger charge is 2.63. The number of ether oxygens (including phenoxy) is 2. The van der Waals surface area contributed by atoms with Crippen molar-refractivity contribution in [2.45, 2.75) is 101 Å². The van der Waals surface area contributed by atoms with Crippen LogP contribution in [-0.2, 0) is 24.4 Å². The number of carboxylic acid groups (broad SMARTS) is 1. The first-order chi connectivity index (χ1) is 25.0. The van der Waals surface area contributed by atoms with Crippen LogP contribution in [-0.4, -0.2) is 95.3 Å². The first kappa shape index (κ1) is 38.2. The number of hydrogen-bond acceptors (Lipinski definition) is 9. The van der Waals surface area contributed by atoms with E-state index >= 15 is 0 Å². The van der Waals surface area contributed by atoms with E-state index in [1.165, 1.54) is 11.1 Å². The fourth-order valence-electron chi connectivity index (χ4n) is 7.39. The summed E-state index contributed by atoms with van der Waals surface area (Å²) in [6.07, 6.45) is 2.65. The predicted molar refractivity (Wildman–Crippen MR) is 188 cm³/mol. The monoisotopic (exact) mass is 761 g/mol. The quantitative estimate of drug-likeness (QED) is 0.274. The highest BCUT2D eigenvalue weighted by atomic mass is 32.2. The molecule has 6 rings (SSSR count). The molecular weight excluding hydrogens is 716 g/mol. The Bertz CT molecular complexity index is 1910. The summed E-state index contributed by atoms with van der Waals surface area (Å²) < 4.78 is 64.7. The normalized spacial score (nSPS) is 30.6. The Morgan fingerprint density at radius 2 is 1.87 bits per heavy atom. The number of aromatic nitrogens is 1. The van der Waals surface area contributed by atoms with Crippen LogP contribution in [0.1, 0.15) is 65.7 Å². The van der Waals surface area contributed by atoms with Gasteiger partial charge in [0.05, 0.1) is 17.5 Å².